The van der Waals surface area contributed by atoms with Gasteiger partial charge in [0.25, 0.3) is 0 Å². The highest BCUT2D eigenvalue weighted by Gasteiger charge is 2.10. The van der Waals surface area contributed by atoms with Crippen molar-refractivity contribution in [2.75, 3.05) is 25.1 Å². The van der Waals surface area contributed by atoms with Gasteiger partial charge in [0.2, 0.25) is 0 Å². The summed E-state index contributed by atoms with van der Waals surface area (Å²) in [5.41, 5.74) is 1.14. The van der Waals surface area contributed by atoms with Gasteiger partial charge in [-0.1, -0.05) is 17.8 Å². The van der Waals surface area contributed by atoms with Gasteiger partial charge in [-0.05, 0) is 36.6 Å². The predicted octanol–water partition coefficient (Wildman–Crippen LogP) is 3.06. The van der Waals surface area contributed by atoms with E-state index >= 15 is 0 Å². The lowest BCUT2D eigenvalue weighted by Gasteiger charge is -2.12. The normalized spacial score (nSPS) is 12.2. The summed E-state index contributed by atoms with van der Waals surface area (Å²) in [4.78, 5) is 8.71. The lowest BCUT2D eigenvalue weighted by atomic mass is 10.1. The van der Waals surface area contributed by atoms with E-state index in [9.17, 15) is 12.8 Å². The lowest BCUT2D eigenvalue weighted by molar-refractivity contribution is 0.600. The number of aliphatic imine (C=N–C) groups is 1. The van der Waals surface area contributed by atoms with Crippen LogP contribution in [0.1, 0.15) is 24.5 Å². The molecule has 0 aliphatic carbocycles. The summed E-state index contributed by atoms with van der Waals surface area (Å²) in [5, 5.41) is 8.36. The zero-order chi connectivity index (χ0) is 20.4. The molecule has 0 radical (unpaired) electrons. The van der Waals surface area contributed by atoms with Crippen molar-refractivity contribution in [3.05, 3.63) is 46.7 Å². The van der Waals surface area contributed by atoms with Gasteiger partial charge in [0.15, 0.2) is 15.8 Å². The number of sulfone groups is 1. The van der Waals surface area contributed by atoms with Gasteiger partial charge in [0.1, 0.15) is 10.2 Å². The molecule has 0 atom stereocenters. The van der Waals surface area contributed by atoms with Crippen LogP contribution in [0, 0.1) is 5.82 Å². The first kappa shape index (κ1) is 22.6. The summed E-state index contributed by atoms with van der Waals surface area (Å²) in [6.45, 7) is 3.60. The van der Waals surface area contributed by atoms with E-state index in [0.717, 1.165) is 23.1 Å². The number of halogens is 1. The van der Waals surface area contributed by atoms with Crippen molar-refractivity contribution in [1.82, 2.24) is 15.6 Å². The zero-order valence-corrected chi connectivity index (χ0v) is 18.4. The maximum absolute atomic E-state index is 13.6. The number of guanidine groups is 1. The second-order valence-electron chi connectivity index (χ2n) is 6.11. The molecule has 1 aromatic carbocycles. The van der Waals surface area contributed by atoms with E-state index in [4.69, 9.17) is 0 Å². The molecule has 2 rings (SSSR count). The maximum Gasteiger partial charge on any atom is 0.191 e. The molecule has 154 valence electrons. The van der Waals surface area contributed by atoms with Crippen molar-refractivity contribution in [1.29, 1.82) is 0 Å². The molecule has 6 nitrogen and oxygen atoms in total. The Morgan fingerprint density at radius 3 is 2.82 bits per heavy atom. The summed E-state index contributed by atoms with van der Waals surface area (Å²) in [7, 11) is -3.21. The number of thiazole rings is 1. The molecule has 2 N–H and O–H groups in total. The zero-order valence-electron chi connectivity index (χ0n) is 15.9. The highest BCUT2D eigenvalue weighted by Crippen LogP contribution is 2.20. The molecule has 2 aromatic rings. The highest BCUT2D eigenvalue weighted by molar-refractivity contribution is 8.01. The van der Waals surface area contributed by atoms with Crippen molar-refractivity contribution >= 4 is 38.9 Å². The Kier molecular flexibility index (Phi) is 9.20. The number of nitrogens with zero attached hydrogens (tertiary/aromatic N) is 2. The SMILES string of the molecule is CCNC(=NCc1cc(F)ccc1CS(C)(=O)=O)NCCCSc1nccs1. The summed E-state index contributed by atoms with van der Waals surface area (Å²) >= 11 is 3.35. The van der Waals surface area contributed by atoms with Gasteiger partial charge in [0, 0.05) is 36.7 Å². The first-order valence-electron chi connectivity index (χ1n) is 8.87. The van der Waals surface area contributed by atoms with Crippen LogP contribution in [0.25, 0.3) is 0 Å². The molecule has 0 amide bonds. The average molecular weight is 445 g/mol. The van der Waals surface area contributed by atoms with Crippen LogP contribution >= 0.6 is 23.1 Å². The lowest BCUT2D eigenvalue weighted by Crippen LogP contribution is -2.37. The molecule has 0 saturated carbocycles. The van der Waals surface area contributed by atoms with Crippen molar-refractivity contribution in [2.45, 2.75) is 30.0 Å². The fourth-order valence-corrected chi connectivity index (χ4v) is 4.88. The van der Waals surface area contributed by atoms with E-state index in [0.29, 0.717) is 23.6 Å². The van der Waals surface area contributed by atoms with Gasteiger partial charge in [-0.2, -0.15) is 0 Å². The van der Waals surface area contributed by atoms with E-state index < -0.39 is 15.7 Å². The minimum atomic E-state index is -3.21. The first-order valence-corrected chi connectivity index (χ1v) is 12.8. The number of hydrogen-bond donors (Lipinski definition) is 2. The second-order valence-corrected chi connectivity index (χ2v) is 10.5. The number of rotatable bonds is 10. The van der Waals surface area contributed by atoms with Crippen LogP contribution in [0.3, 0.4) is 0 Å². The second kappa shape index (κ2) is 11.4. The maximum atomic E-state index is 13.6. The molecular formula is C18H25FN4O2S3. The van der Waals surface area contributed by atoms with Crippen molar-refractivity contribution < 1.29 is 12.8 Å². The topological polar surface area (TPSA) is 83.5 Å². The summed E-state index contributed by atoms with van der Waals surface area (Å²) in [6, 6.07) is 4.13. The van der Waals surface area contributed by atoms with Gasteiger partial charge in [-0.15, -0.1) is 11.3 Å². The number of thioether (sulfide) groups is 1. The van der Waals surface area contributed by atoms with Crippen molar-refractivity contribution in [3.63, 3.8) is 0 Å². The third-order valence-electron chi connectivity index (χ3n) is 3.59. The van der Waals surface area contributed by atoms with Crippen LogP contribution in [0.2, 0.25) is 0 Å². The first-order chi connectivity index (χ1) is 13.4. The molecule has 1 heterocycles. The predicted molar refractivity (Wildman–Crippen MR) is 115 cm³/mol. The van der Waals surface area contributed by atoms with E-state index in [-0.39, 0.29) is 12.3 Å². The minimum absolute atomic E-state index is 0.129. The van der Waals surface area contributed by atoms with E-state index in [1.807, 2.05) is 12.3 Å². The fourth-order valence-electron chi connectivity index (χ4n) is 2.39. The summed E-state index contributed by atoms with van der Waals surface area (Å²) < 4.78 is 37.9. The molecule has 0 fully saturated rings. The van der Waals surface area contributed by atoms with Crippen LogP contribution in [-0.2, 0) is 22.1 Å². The highest BCUT2D eigenvalue weighted by atomic mass is 32.2. The molecule has 0 bridgehead atoms. The number of hydrogen-bond acceptors (Lipinski definition) is 6. The third kappa shape index (κ3) is 8.57. The molecular weight excluding hydrogens is 419 g/mol. The van der Waals surface area contributed by atoms with Gasteiger partial charge in [0.05, 0.1) is 12.3 Å². The Morgan fingerprint density at radius 1 is 1.32 bits per heavy atom. The number of aromatic nitrogens is 1. The molecule has 0 spiro atoms. The van der Waals surface area contributed by atoms with E-state index in [2.05, 4.69) is 20.6 Å². The monoisotopic (exact) mass is 444 g/mol. The molecule has 0 aliphatic heterocycles. The van der Waals surface area contributed by atoms with Crippen LogP contribution in [0.5, 0.6) is 0 Å². The number of benzene rings is 1. The van der Waals surface area contributed by atoms with Crippen LogP contribution in [0.15, 0.2) is 39.1 Å². The molecule has 0 saturated heterocycles. The van der Waals surface area contributed by atoms with Gasteiger partial charge < -0.3 is 10.6 Å². The number of nitrogens with one attached hydrogen (secondary N) is 2. The van der Waals surface area contributed by atoms with E-state index in [1.54, 1.807) is 29.3 Å². The summed E-state index contributed by atoms with van der Waals surface area (Å²) in [5.74, 6) is 1.04. The van der Waals surface area contributed by atoms with Crippen molar-refractivity contribution in [2.24, 2.45) is 4.99 Å². The van der Waals surface area contributed by atoms with Crippen LogP contribution in [0.4, 0.5) is 4.39 Å². The average Bonchev–Trinajstić information content (AvgIpc) is 3.13. The Labute approximate surface area is 174 Å². The Hall–Kier alpha value is -1.65. The van der Waals surface area contributed by atoms with Gasteiger partial charge >= 0.3 is 0 Å². The summed E-state index contributed by atoms with van der Waals surface area (Å²) in [6.07, 6.45) is 3.90. The molecule has 1 aromatic heterocycles. The quantitative estimate of drug-likeness (QED) is 0.254. The molecule has 0 unspecified atom stereocenters. The smallest absolute Gasteiger partial charge is 0.191 e. The third-order valence-corrected chi connectivity index (χ3v) is 6.47. The Balaban J connectivity index is 1.93. The van der Waals surface area contributed by atoms with Gasteiger partial charge in [-0.25, -0.2) is 22.8 Å². The van der Waals surface area contributed by atoms with Crippen LogP contribution in [-0.4, -0.2) is 44.5 Å². The van der Waals surface area contributed by atoms with Crippen molar-refractivity contribution in [3.8, 4) is 0 Å². The van der Waals surface area contributed by atoms with Gasteiger partial charge in [-0.3, -0.25) is 0 Å². The standard InChI is InChI=1S/C18H25FN4O2S3/c1-3-20-17(21-7-4-9-26-18-22-8-10-27-18)23-12-15-11-16(19)6-5-14(15)13-28(2,24)25/h5-6,8,10-11H,3-4,7,9,12-13H2,1-2H3,(H2,20,21,23). The largest absolute Gasteiger partial charge is 0.357 e. The molecule has 10 heteroatoms. The molecule has 28 heavy (non-hydrogen) atoms. The molecule has 0 aliphatic rings. The Morgan fingerprint density at radius 2 is 2.14 bits per heavy atom. The van der Waals surface area contributed by atoms with E-state index in [1.165, 1.54) is 24.5 Å². The fraction of sp³-hybridized carbons (Fsp3) is 0.444. The Bertz CT molecular complexity index is 871. The van der Waals surface area contributed by atoms with Crippen LogP contribution < -0.4 is 10.6 Å². The minimum Gasteiger partial charge on any atom is -0.357 e.